The number of carbonyl (C=O) groups excluding carboxylic acids is 1. The van der Waals surface area contributed by atoms with Crippen molar-refractivity contribution in [3.8, 4) is 5.69 Å². The Hall–Kier alpha value is -3.29. The van der Waals surface area contributed by atoms with Crippen molar-refractivity contribution in [1.29, 1.82) is 0 Å². The number of rotatable bonds is 6. The maximum Gasteiger partial charge on any atom is 0.230 e. The molecule has 0 fully saturated rings. The van der Waals surface area contributed by atoms with Crippen LogP contribution < -0.4 is 5.32 Å². The number of carbonyl (C=O) groups is 1. The van der Waals surface area contributed by atoms with Crippen LogP contribution in [-0.2, 0) is 30.7 Å². The zero-order chi connectivity index (χ0) is 21.0. The van der Waals surface area contributed by atoms with Crippen LogP contribution in [-0.4, -0.2) is 32.1 Å². The molecule has 31 heavy (non-hydrogen) atoms. The number of hydrogen-bond donors (Lipinski definition) is 1. The molecule has 1 amide bonds. The molecule has 156 valence electrons. The molecule has 0 aliphatic carbocycles. The van der Waals surface area contributed by atoms with Crippen molar-refractivity contribution in [3.63, 3.8) is 0 Å². The minimum Gasteiger partial charge on any atom is -0.302 e. The second-order valence-corrected chi connectivity index (χ2v) is 8.77. The van der Waals surface area contributed by atoms with Crippen LogP contribution in [0.3, 0.4) is 0 Å². The minimum atomic E-state index is -0.0696. The number of aromatic nitrogens is 3. The van der Waals surface area contributed by atoms with E-state index in [1.54, 1.807) is 22.2 Å². The van der Waals surface area contributed by atoms with Gasteiger partial charge in [0.15, 0.2) is 5.13 Å². The summed E-state index contributed by atoms with van der Waals surface area (Å²) in [5.74, 6) is -0.0696. The summed E-state index contributed by atoms with van der Waals surface area (Å²) in [5.41, 5.74) is 4.28. The maximum atomic E-state index is 12.6. The molecule has 1 aliphatic rings. The van der Waals surface area contributed by atoms with E-state index in [-0.39, 0.29) is 12.3 Å². The molecule has 1 N–H and O–H groups in total. The van der Waals surface area contributed by atoms with Crippen LogP contribution >= 0.6 is 11.3 Å². The van der Waals surface area contributed by atoms with E-state index < -0.39 is 0 Å². The Morgan fingerprint density at radius 2 is 1.81 bits per heavy atom. The van der Waals surface area contributed by atoms with Crippen LogP contribution in [0.25, 0.3) is 5.69 Å². The summed E-state index contributed by atoms with van der Waals surface area (Å²) in [5, 5.41) is 8.02. The number of thiazole rings is 1. The molecular formula is C24H23N5OS. The van der Waals surface area contributed by atoms with E-state index in [1.165, 1.54) is 10.4 Å². The molecule has 2 aromatic carbocycles. The minimum absolute atomic E-state index is 0.0696. The van der Waals surface area contributed by atoms with Gasteiger partial charge in [-0.25, -0.2) is 9.67 Å². The first-order valence-electron chi connectivity index (χ1n) is 10.4. The third kappa shape index (κ3) is 4.73. The van der Waals surface area contributed by atoms with Gasteiger partial charge in [-0.2, -0.15) is 5.10 Å². The maximum absolute atomic E-state index is 12.6. The van der Waals surface area contributed by atoms with Gasteiger partial charge in [0, 0.05) is 37.1 Å². The SMILES string of the molecule is O=C(Cc1cnn(-c2ccccc2)c1)Nc1nc2c(s1)CN(Cc1ccccc1)CC2. The lowest BCUT2D eigenvalue weighted by Crippen LogP contribution is -2.29. The average molecular weight is 430 g/mol. The standard InChI is InChI=1S/C24H23N5OS/c30-23(13-19-14-25-29(16-19)20-9-5-2-6-10-20)27-24-26-21-11-12-28(17-22(21)31-24)15-18-7-3-1-4-8-18/h1-10,14,16H,11-13,15,17H2,(H,26,27,30). The Bertz CT molecular complexity index is 1170. The van der Waals surface area contributed by atoms with E-state index in [0.29, 0.717) is 5.13 Å². The van der Waals surface area contributed by atoms with E-state index in [4.69, 9.17) is 0 Å². The topological polar surface area (TPSA) is 63.1 Å². The lowest BCUT2D eigenvalue weighted by molar-refractivity contribution is -0.115. The number of para-hydroxylation sites is 1. The van der Waals surface area contributed by atoms with Gasteiger partial charge in [-0.15, -0.1) is 11.3 Å². The third-order valence-electron chi connectivity index (χ3n) is 5.33. The number of nitrogens with one attached hydrogen (secondary N) is 1. The van der Waals surface area contributed by atoms with Gasteiger partial charge in [0.25, 0.3) is 0 Å². The zero-order valence-corrected chi connectivity index (χ0v) is 17.9. The largest absolute Gasteiger partial charge is 0.302 e. The smallest absolute Gasteiger partial charge is 0.230 e. The lowest BCUT2D eigenvalue weighted by Gasteiger charge is -2.25. The van der Waals surface area contributed by atoms with Crippen molar-refractivity contribution in [2.45, 2.75) is 25.9 Å². The van der Waals surface area contributed by atoms with Crippen molar-refractivity contribution < 1.29 is 4.79 Å². The van der Waals surface area contributed by atoms with Crippen LogP contribution in [0.1, 0.15) is 21.7 Å². The number of hydrogen-bond acceptors (Lipinski definition) is 5. The van der Waals surface area contributed by atoms with E-state index in [1.807, 2.05) is 42.6 Å². The second kappa shape index (κ2) is 8.83. The molecule has 0 saturated carbocycles. The highest BCUT2D eigenvalue weighted by atomic mass is 32.1. The van der Waals surface area contributed by atoms with Crippen molar-refractivity contribution in [3.05, 3.63) is 94.8 Å². The Morgan fingerprint density at radius 3 is 2.61 bits per heavy atom. The van der Waals surface area contributed by atoms with Crippen LogP contribution in [0.5, 0.6) is 0 Å². The fraction of sp³-hybridized carbons (Fsp3) is 0.208. The first kappa shape index (κ1) is 19.7. The molecule has 0 unspecified atom stereocenters. The highest BCUT2D eigenvalue weighted by molar-refractivity contribution is 7.15. The lowest BCUT2D eigenvalue weighted by atomic mass is 10.1. The van der Waals surface area contributed by atoms with Gasteiger partial charge < -0.3 is 5.32 Å². The van der Waals surface area contributed by atoms with Gasteiger partial charge in [-0.1, -0.05) is 48.5 Å². The monoisotopic (exact) mass is 429 g/mol. The highest BCUT2D eigenvalue weighted by Crippen LogP contribution is 2.29. The normalized spacial score (nSPS) is 13.7. The number of anilines is 1. The van der Waals surface area contributed by atoms with Gasteiger partial charge in [0.1, 0.15) is 0 Å². The summed E-state index contributed by atoms with van der Waals surface area (Å²) in [6.45, 7) is 2.80. The summed E-state index contributed by atoms with van der Waals surface area (Å²) < 4.78 is 1.78. The quantitative estimate of drug-likeness (QED) is 0.502. The first-order valence-corrected chi connectivity index (χ1v) is 11.2. The summed E-state index contributed by atoms with van der Waals surface area (Å²) >= 11 is 1.59. The molecule has 7 heteroatoms. The van der Waals surface area contributed by atoms with Crippen LogP contribution in [0.15, 0.2) is 73.1 Å². The van der Waals surface area contributed by atoms with E-state index >= 15 is 0 Å². The van der Waals surface area contributed by atoms with Crippen LogP contribution in [0, 0.1) is 0 Å². The predicted octanol–water partition coefficient (Wildman–Crippen LogP) is 4.07. The van der Waals surface area contributed by atoms with E-state index in [0.717, 1.165) is 43.0 Å². The third-order valence-corrected chi connectivity index (χ3v) is 6.32. The van der Waals surface area contributed by atoms with Gasteiger partial charge in [-0.05, 0) is 23.3 Å². The fourth-order valence-electron chi connectivity index (χ4n) is 3.80. The Kier molecular flexibility index (Phi) is 5.60. The molecule has 0 bridgehead atoms. The molecule has 5 rings (SSSR count). The Balaban J connectivity index is 1.19. The van der Waals surface area contributed by atoms with Crippen molar-refractivity contribution >= 4 is 22.4 Å². The molecule has 3 heterocycles. The summed E-state index contributed by atoms with van der Waals surface area (Å²) in [4.78, 5) is 20.9. The van der Waals surface area contributed by atoms with Crippen LogP contribution in [0.2, 0.25) is 0 Å². The van der Waals surface area contributed by atoms with Gasteiger partial charge >= 0.3 is 0 Å². The number of benzene rings is 2. The van der Waals surface area contributed by atoms with Crippen molar-refractivity contribution in [2.24, 2.45) is 0 Å². The average Bonchev–Trinajstić information content (AvgIpc) is 3.41. The molecule has 4 aromatic rings. The Labute approximate surface area is 185 Å². The molecule has 0 radical (unpaired) electrons. The van der Waals surface area contributed by atoms with E-state index in [2.05, 4.69) is 44.6 Å². The first-order chi connectivity index (χ1) is 15.2. The zero-order valence-electron chi connectivity index (χ0n) is 17.1. The van der Waals surface area contributed by atoms with Crippen molar-refractivity contribution in [2.75, 3.05) is 11.9 Å². The van der Waals surface area contributed by atoms with Gasteiger partial charge in [0.2, 0.25) is 5.91 Å². The predicted molar refractivity (Wildman–Crippen MR) is 122 cm³/mol. The molecular weight excluding hydrogens is 406 g/mol. The highest BCUT2D eigenvalue weighted by Gasteiger charge is 2.21. The van der Waals surface area contributed by atoms with Crippen LogP contribution in [0.4, 0.5) is 5.13 Å². The molecule has 0 saturated heterocycles. The molecule has 2 aromatic heterocycles. The summed E-state index contributed by atoms with van der Waals surface area (Å²) in [6, 6.07) is 20.4. The number of nitrogens with zero attached hydrogens (tertiary/aromatic N) is 4. The van der Waals surface area contributed by atoms with Crippen molar-refractivity contribution in [1.82, 2.24) is 19.7 Å². The molecule has 1 aliphatic heterocycles. The number of fused-ring (bicyclic) bond motifs is 1. The fourth-order valence-corrected chi connectivity index (χ4v) is 4.87. The molecule has 6 nitrogen and oxygen atoms in total. The molecule has 0 spiro atoms. The number of amides is 1. The van der Waals surface area contributed by atoms with E-state index in [9.17, 15) is 4.79 Å². The summed E-state index contributed by atoms with van der Waals surface area (Å²) in [6.07, 6.45) is 4.82. The Morgan fingerprint density at radius 1 is 1.03 bits per heavy atom. The molecule has 0 atom stereocenters. The second-order valence-electron chi connectivity index (χ2n) is 7.69. The van der Waals surface area contributed by atoms with Gasteiger partial charge in [-0.3, -0.25) is 9.69 Å². The summed E-state index contributed by atoms with van der Waals surface area (Å²) in [7, 11) is 0. The van der Waals surface area contributed by atoms with Gasteiger partial charge in [0.05, 0.1) is 24.0 Å².